The van der Waals surface area contributed by atoms with Crippen LogP contribution in [0.2, 0.25) is 0 Å². The van der Waals surface area contributed by atoms with Crippen molar-refractivity contribution in [2.75, 3.05) is 13.6 Å². The molecule has 6 heteroatoms. The van der Waals surface area contributed by atoms with Gasteiger partial charge < -0.3 is 19.4 Å². The van der Waals surface area contributed by atoms with Crippen molar-refractivity contribution in [2.24, 2.45) is 0 Å². The zero-order valence-electron chi connectivity index (χ0n) is 14.6. The van der Waals surface area contributed by atoms with E-state index >= 15 is 0 Å². The second kappa shape index (κ2) is 4.15. The minimum atomic E-state index is -1.29. The van der Waals surface area contributed by atoms with E-state index in [9.17, 15) is 15.0 Å². The molecule has 26 heavy (non-hydrogen) atoms. The SMILES string of the molecule is Cc1cc2c(o1)C(=O)[C@@H]1Oc3c(O)ccc4c3[C@@]13CCN(C)C(C4)[C@]23O. The maximum atomic E-state index is 13.3. The van der Waals surface area contributed by atoms with Crippen molar-refractivity contribution in [1.29, 1.82) is 0 Å². The van der Waals surface area contributed by atoms with Gasteiger partial charge in [-0.15, -0.1) is 0 Å². The number of ether oxygens (including phenoxy) is 1. The van der Waals surface area contributed by atoms with E-state index in [1.807, 2.05) is 13.1 Å². The Morgan fingerprint density at radius 2 is 2.15 bits per heavy atom. The highest BCUT2D eigenvalue weighted by Crippen LogP contribution is 2.67. The summed E-state index contributed by atoms with van der Waals surface area (Å²) in [6.07, 6.45) is 0.342. The van der Waals surface area contributed by atoms with Crippen LogP contribution in [0.25, 0.3) is 0 Å². The number of aromatic hydroxyl groups is 1. The standard InChI is InChI=1S/C20H19NO5/c1-9-7-11-16(25-9)15(23)18-19-5-6-21(2)13(20(11,19)24)8-10-3-4-12(22)17(26-18)14(10)19/h3-4,7,13,18,22,24H,5-6,8H2,1-2H3/t13?,18-,19-,20+/m0/s1. The third kappa shape index (κ3) is 1.26. The molecule has 1 aromatic carbocycles. The summed E-state index contributed by atoms with van der Waals surface area (Å²) >= 11 is 0. The number of hydrogen-bond acceptors (Lipinski definition) is 6. The first-order valence-corrected chi connectivity index (χ1v) is 8.99. The van der Waals surface area contributed by atoms with E-state index in [2.05, 4.69) is 4.90 Å². The van der Waals surface area contributed by atoms with Crippen LogP contribution in [0.5, 0.6) is 11.5 Å². The predicted octanol–water partition coefficient (Wildman–Crippen LogP) is 1.64. The molecule has 0 radical (unpaired) electrons. The van der Waals surface area contributed by atoms with Gasteiger partial charge >= 0.3 is 0 Å². The van der Waals surface area contributed by atoms with Crippen LogP contribution in [0.3, 0.4) is 0 Å². The van der Waals surface area contributed by atoms with E-state index in [1.54, 1.807) is 19.1 Å². The second-order valence-corrected chi connectivity index (χ2v) is 8.10. The molecule has 2 bridgehead atoms. The van der Waals surface area contributed by atoms with Gasteiger partial charge in [0.25, 0.3) is 0 Å². The molecule has 1 fully saturated rings. The number of piperidine rings is 1. The van der Waals surface area contributed by atoms with Crippen molar-refractivity contribution in [3.8, 4) is 11.5 Å². The summed E-state index contributed by atoms with van der Waals surface area (Å²) in [6, 6.07) is 5.13. The number of likely N-dealkylation sites (tertiary alicyclic amines) is 1. The zero-order valence-corrected chi connectivity index (χ0v) is 14.6. The molecule has 4 atom stereocenters. The molecular formula is C20H19NO5. The van der Waals surface area contributed by atoms with Gasteiger partial charge in [0.05, 0.1) is 5.41 Å². The van der Waals surface area contributed by atoms with Crippen LogP contribution in [0.1, 0.15) is 39.4 Å². The highest BCUT2D eigenvalue weighted by atomic mass is 16.5. The van der Waals surface area contributed by atoms with E-state index in [-0.39, 0.29) is 23.3 Å². The first kappa shape index (κ1) is 14.8. The minimum Gasteiger partial charge on any atom is -0.504 e. The first-order valence-electron chi connectivity index (χ1n) is 8.99. The zero-order chi connectivity index (χ0) is 18.0. The van der Waals surface area contributed by atoms with Gasteiger partial charge in [0.15, 0.2) is 23.4 Å². The molecule has 2 aliphatic heterocycles. The minimum absolute atomic E-state index is 0.0212. The van der Waals surface area contributed by atoms with E-state index in [0.717, 1.165) is 17.7 Å². The summed E-state index contributed by atoms with van der Waals surface area (Å²) in [5.41, 5.74) is 0.243. The van der Waals surface area contributed by atoms with Gasteiger partial charge in [-0.25, -0.2) is 0 Å². The number of ketones is 1. The average Bonchev–Trinajstić information content (AvgIpc) is 3.16. The Bertz CT molecular complexity index is 1010. The molecule has 1 aromatic heterocycles. The van der Waals surface area contributed by atoms with Crippen molar-refractivity contribution in [2.45, 2.75) is 42.9 Å². The maximum absolute atomic E-state index is 13.3. The summed E-state index contributed by atoms with van der Waals surface area (Å²) in [4.78, 5) is 15.4. The predicted molar refractivity (Wildman–Crippen MR) is 90.6 cm³/mol. The number of phenolic OH excluding ortho intramolecular Hbond substituents is 1. The fourth-order valence-electron chi connectivity index (χ4n) is 6.01. The van der Waals surface area contributed by atoms with Crippen LogP contribution >= 0.6 is 0 Å². The third-order valence-electron chi connectivity index (χ3n) is 7.05. The van der Waals surface area contributed by atoms with Crippen LogP contribution in [-0.2, 0) is 17.4 Å². The first-order chi connectivity index (χ1) is 12.4. The fourth-order valence-corrected chi connectivity index (χ4v) is 6.01. The number of Topliss-reactive ketones (excluding diaryl/α,β-unsaturated/α-hetero) is 1. The molecule has 2 aromatic rings. The van der Waals surface area contributed by atoms with Gasteiger partial charge in [-0.2, -0.15) is 0 Å². The van der Waals surface area contributed by atoms with Crippen molar-refractivity contribution in [1.82, 2.24) is 4.90 Å². The van der Waals surface area contributed by atoms with E-state index in [1.165, 1.54) is 0 Å². The smallest absolute Gasteiger partial charge is 0.239 e. The maximum Gasteiger partial charge on any atom is 0.239 e. The number of furan rings is 1. The van der Waals surface area contributed by atoms with E-state index in [4.69, 9.17) is 9.15 Å². The molecule has 2 N–H and O–H groups in total. The van der Waals surface area contributed by atoms with Crippen LogP contribution in [0, 0.1) is 6.92 Å². The second-order valence-electron chi connectivity index (χ2n) is 8.10. The molecular weight excluding hydrogens is 334 g/mol. The van der Waals surface area contributed by atoms with Gasteiger partial charge in [0.2, 0.25) is 5.78 Å². The number of phenols is 1. The van der Waals surface area contributed by atoms with Crippen molar-refractivity contribution < 1.29 is 24.2 Å². The molecule has 0 amide bonds. The Labute approximate surface area is 150 Å². The normalized spacial score (nSPS) is 36.5. The Morgan fingerprint density at radius 1 is 1.35 bits per heavy atom. The molecule has 6 nitrogen and oxygen atoms in total. The van der Waals surface area contributed by atoms with Crippen molar-refractivity contribution in [3.05, 3.63) is 46.4 Å². The molecule has 134 valence electrons. The van der Waals surface area contributed by atoms with Crippen LogP contribution in [0.4, 0.5) is 0 Å². The van der Waals surface area contributed by atoms with Crippen LogP contribution < -0.4 is 4.74 Å². The Kier molecular flexibility index (Phi) is 2.37. The molecule has 1 unspecified atom stereocenters. The Hall–Kier alpha value is -2.31. The lowest BCUT2D eigenvalue weighted by molar-refractivity contribution is -0.165. The van der Waals surface area contributed by atoms with Gasteiger partial charge in [-0.3, -0.25) is 9.69 Å². The van der Waals surface area contributed by atoms with Gasteiger partial charge in [-0.1, -0.05) is 6.07 Å². The summed E-state index contributed by atoms with van der Waals surface area (Å²) in [6.45, 7) is 2.54. The lowest BCUT2D eigenvalue weighted by atomic mass is 9.48. The lowest BCUT2D eigenvalue weighted by Gasteiger charge is -2.61. The highest BCUT2D eigenvalue weighted by Gasteiger charge is 2.75. The molecule has 6 rings (SSSR count). The number of likely N-dealkylation sites (N-methyl/N-ethyl adjacent to an activating group) is 1. The molecule has 1 saturated heterocycles. The Balaban J connectivity index is 1.78. The number of carbonyl (C=O) groups excluding carboxylic acids is 1. The quantitative estimate of drug-likeness (QED) is 0.749. The highest BCUT2D eigenvalue weighted by molar-refractivity contribution is 6.03. The fraction of sp³-hybridized carbons (Fsp3) is 0.450. The summed E-state index contributed by atoms with van der Waals surface area (Å²) in [5, 5.41) is 22.6. The number of carbonyl (C=O) groups is 1. The summed E-state index contributed by atoms with van der Waals surface area (Å²) in [7, 11) is 2.01. The average molecular weight is 353 g/mol. The van der Waals surface area contributed by atoms with Gasteiger partial charge in [0.1, 0.15) is 11.4 Å². The summed E-state index contributed by atoms with van der Waals surface area (Å²) in [5.74, 6) is 0.930. The molecule has 2 aliphatic carbocycles. The topological polar surface area (TPSA) is 83.1 Å². The van der Waals surface area contributed by atoms with Crippen LogP contribution in [0.15, 0.2) is 22.6 Å². The number of aliphatic hydroxyl groups is 1. The molecule has 4 aliphatic rings. The number of aryl methyl sites for hydroxylation is 1. The largest absolute Gasteiger partial charge is 0.504 e. The van der Waals surface area contributed by atoms with Crippen molar-refractivity contribution >= 4 is 5.78 Å². The van der Waals surface area contributed by atoms with Crippen LogP contribution in [-0.4, -0.2) is 46.6 Å². The van der Waals surface area contributed by atoms with Crippen molar-refractivity contribution in [3.63, 3.8) is 0 Å². The van der Waals surface area contributed by atoms with Gasteiger partial charge in [-0.05, 0) is 51.1 Å². The van der Waals surface area contributed by atoms with Gasteiger partial charge in [0, 0.05) is 17.2 Å². The molecule has 1 spiro atoms. The van der Waals surface area contributed by atoms with E-state index < -0.39 is 17.1 Å². The molecule has 3 heterocycles. The Morgan fingerprint density at radius 3 is 2.96 bits per heavy atom. The monoisotopic (exact) mass is 353 g/mol. The van der Waals surface area contributed by atoms with E-state index in [0.29, 0.717) is 29.9 Å². The molecule has 0 saturated carbocycles. The number of benzene rings is 1. The number of fused-ring (bicyclic) bond motifs is 1. The number of rotatable bonds is 0. The number of nitrogens with zero attached hydrogens (tertiary/aromatic N) is 1. The third-order valence-corrected chi connectivity index (χ3v) is 7.05. The summed E-state index contributed by atoms with van der Waals surface area (Å²) < 4.78 is 11.8. The number of hydrogen-bond donors (Lipinski definition) is 2. The lowest BCUT2D eigenvalue weighted by Crippen LogP contribution is -2.74.